The van der Waals surface area contributed by atoms with Crippen molar-refractivity contribution in [3.8, 4) is 0 Å². The summed E-state index contributed by atoms with van der Waals surface area (Å²) in [6.07, 6.45) is 0.997. The fourth-order valence-electron chi connectivity index (χ4n) is 3.40. The van der Waals surface area contributed by atoms with Gasteiger partial charge in [0.25, 0.3) is 5.56 Å². The number of hydrogen-bond acceptors (Lipinski definition) is 6. The highest BCUT2D eigenvalue weighted by molar-refractivity contribution is 5.46. The van der Waals surface area contributed by atoms with Crippen LogP contribution in [0.15, 0.2) is 10.9 Å². The van der Waals surface area contributed by atoms with Crippen molar-refractivity contribution in [1.82, 2.24) is 19.5 Å². The molecule has 1 fully saturated rings. The summed E-state index contributed by atoms with van der Waals surface area (Å²) >= 11 is 0. The zero-order valence-corrected chi connectivity index (χ0v) is 14.2. The van der Waals surface area contributed by atoms with Crippen LogP contribution in [0.3, 0.4) is 0 Å². The van der Waals surface area contributed by atoms with Gasteiger partial charge in [-0.05, 0) is 20.3 Å². The average Bonchev–Trinajstić information content (AvgIpc) is 3.21. The number of aromatic nitrogens is 4. The summed E-state index contributed by atoms with van der Waals surface area (Å²) in [6, 6.07) is 2.04. The maximum Gasteiger partial charge on any atom is 0.258 e. The molecule has 7 heteroatoms. The first kappa shape index (κ1) is 15.3. The van der Waals surface area contributed by atoms with E-state index in [-0.39, 0.29) is 5.56 Å². The van der Waals surface area contributed by atoms with E-state index in [4.69, 9.17) is 4.74 Å². The standard InChI is InChI=1S/C17H21N5O2/c1-10-18-14(12-4-5-24-9-12)6-16(19-10)22-7-13-15(8-22)20-11(2)21(3)17(13)23/h6,12H,4-5,7-9H2,1-3H3. The van der Waals surface area contributed by atoms with Crippen molar-refractivity contribution >= 4 is 5.82 Å². The lowest BCUT2D eigenvalue weighted by atomic mass is 10.0. The van der Waals surface area contributed by atoms with Crippen LogP contribution in [0.4, 0.5) is 5.82 Å². The molecule has 0 amide bonds. The Kier molecular flexibility index (Phi) is 3.60. The van der Waals surface area contributed by atoms with E-state index in [2.05, 4.69) is 19.9 Å². The van der Waals surface area contributed by atoms with E-state index < -0.39 is 0 Å². The molecule has 0 saturated carbocycles. The van der Waals surface area contributed by atoms with Crippen molar-refractivity contribution < 1.29 is 4.74 Å². The molecule has 0 bridgehead atoms. The third-order valence-electron chi connectivity index (χ3n) is 4.90. The fraction of sp³-hybridized carbons (Fsp3) is 0.529. The molecule has 2 aromatic rings. The number of nitrogens with zero attached hydrogens (tertiary/aromatic N) is 5. The molecule has 1 saturated heterocycles. The van der Waals surface area contributed by atoms with Crippen molar-refractivity contribution in [3.05, 3.63) is 45.0 Å². The summed E-state index contributed by atoms with van der Waals surface area (Å²) < 4.78 is 7.09. The van der Waals surface area contributed by atoms with E-state index in [0.29, 0.717) is 19.0 Å². The molecule has 2 aliphatic rings. The SMILES string of the molecule is Cc1nc(C2CCOC2)cc(N2Cc3nc(C)n(C)c(=O)c3C2)n1. The molecule has 0 aliphatic carbocycles. The van der Waals surface area contributed by atoms with E-state index >= 15 is 0 Å². The minimum atomic E-state index is 0.0372. The molecule has 0 N–H and O–H groups in total. The quantitative estimate of drug-likeness (QED) is 0.825. The van der Waals surface area contributed by atoms with Crippen molar-refractivity contribution in [2.45, 2.75) is 39.3 Å². The predicted molar refractivity (Wildman–Crippen MR) is 89.0 cm³/mol. The van der Waals surface area contributed by atoms with Crippen LogP contribution in [-0.4, -0.2) is 32.7 Å². The van der Waals surface area contributed by atoms with Gasteiger partial charge in [-0.1, -0.05) is 0 Å². The first-order valence-electron chi connectivity index (χ1n) is 8.26. The van der Waals surface area contributed by atoms with E-state index in [1.165, 1.54) is 0 Å². The molecule has 24 heavy (non-hydrogen) atoms. The topological polar surface area (TPSA) is 73.1 Å². The molecule has 0 spiro atoms. The van der Waals surface area contributed by atoms with Gasteiger partial charge in [0.1, 0.15) is 17.5 Å². The Morgan fingerprint density at radius 2 is 2.04 bits per heavy atom. The predicted octanol–water partition coefficient (Wildman–Crippen LogP) is 1.21. The first-order valence-corrected chi connectivity index (χ1v) is 8.26. The Bertz CT molecular complexity index is 855. The Labute approximate surface area is 140 Å². The number of ether oxygens (including phenoxy) is 1. The number of anilines is 1. The Morgan fingerprint density at radius 1 is 1.21 bits per heavy atom. The maximum absolute atomic E-state index is 12.4. The second-order valence-electron chi connectivity index (χ2n) is 6.56. The summed E-state index contributed by atoms with van der Waals surface area (Å²) in [5.74, 6) is 2.69. The minimum Gasteiger partial charge on any atom is -0.381 e. The van der Waals surface area contributed by atoms with Crippen LogP contribution in [0.1, 0.15) is 40.9 Å². The summed E-state index contributed by atoms with van der Waals surface area (Å²) in [5.41, 5.74) is 2.70. The van der Waals surface area contributed by atoms with E-state index in [1.54, 1.807) is 11.6 Å². The van der Waals surface area contributed by atoms with Gasteiger partial charge in [-0.25, -0.2) is 15.0 Å². The molecule has 4 rings (SSSR count). The van der Waals surface area contributed by atoms with Gasteiger partial charge in [0.05, 0.1) is 36.6 Å². The molecule has 4 heterocycles. The number of rotatable bonds is 2. The normalized spacial score (nSPS) is 19.8. The van der Waals surface area contributed by atoms with Gasteiger partial charge in [0.2, 0.25) is 0 Å². The second-order valence-corrected chi connectivity index (χ2v) is 6.56. The lowest BCUT2D eigenvalue weighted by molar-refractivity contribution is 0.193. The number of aryl methyl sites for hydroxylation is 2. The summed E-state index contributed by atoms with van der Waals surface area (Å²) in [6.45, 7) is 6.44. The van der Waals surface area contributed by atoms with Crippen LogP contribution in [0.2, 0.25) is 0 Å². The smallest absolute Gasteiger partial charge is 0.258 e. The monoisotopic (exact) mass is 327 g/mol. The molecule has 1 atom stereocenters. The maximum atomic E-state index is 12.4. The largest absolute Gasteiger partial charge is 0.381 e. The molecule has 0 aromatic carbocycles. The fourth-order valence-corrected chi connectivity index (χ4v) is 3.40. The van der Waals surface area contributed by atoms with Gasteiger partial charge in [0.15, 0.2) is 0 Å². The minimum absolute atomic E-state index is 0.0372. The van der Waals surface area contributed by atoms with Crippen molar-refractivity contribution in [3.63, 3.8) is 0 Å². The Hall–Kier alpha value is -2.28. The number of fused-ring (bicyclic) bond motifs is 1. The van der Waals surface area contributed by atoms with Gasteiger partial charge >= 0.3 is 0 Å². The summed E-state index contributed by atoms with van der Waals surface area (Å²) in [7, 11) is 1.76. The van der Waals surface area contributed by atoms with Gasteiger partial charge in [-0.2, -0.15) is 0 Å². The zero-order valence-electron chi connectivity index (χ0n) is 14.2. The van der Waals surface area contributed by atoms with Gasteiger partial charge < -0.3 is 9.64 Å². The van der Waals surface area contributed by atoms with Crippen molar-refractivity contribution in [2.75, 3.05) is 18.1 Å². The van der Waals surface area contributed by atoms with E-state index in [1.807, 2.05) is 19.9 Å². The van der Waals surface area contributed by atoms with Gasteiger partial charge in [-0.15, -0.1) is 0 Å². The zero-order chi connectivity index (χ0) is 16.8. The molecule has 0 radical (unpaired) electrons. The van der Waals surface area contributed by atoms with Crippen LogP contribution in [0.25, 0.3) is 0 Å². The third kappa shape index (κ3) is 2.49. The van der Waals surface area contributed by atoms with Crippen LogP contribution in [0, 0.1) is 13.8 Å². The van der Waals surface area contributed by atoms with Gasteiger partial charge in [0, 0.05) is 25.6 Å². The number of hydrogen-bond donors (Lipinski definition) is 0. The highest BCUT2D eigenvalue weighted by atomic mass is 16.5. The molecular formula is C17H21N5O2. The summed E-state index contributed by atoms with van der Waals surface area (Å²) in [5, 5.41) is 0. The second kappa shape index (κ2) is 5.66. The van der Waals surface area contributed by atoms with Crippen LogP contribution < -0.4 is 10.5 Å². The molecule has 2 aromatic heterocycles. The molecule has 7 nitrogen and oxygen atoms in total. The molecule has 1 unspecified atom stereocenters. The molecule has 2 aliphatic heterocycles. The molecule has 126 valence electrons. The summed E-state index contributed by atoms with van der Waals surface area (Å²) in [4.78, 5) is 28.3. The Balaban J connectivity index is 1.68. The third-order valence-corrected chi connectivity index (χ3v) is 4.90. The molecular weight excluding hydrogens is 306 g/mol. The lowest BCUT2D eigenvalue weighted by Crippen LogP contribution is -2.25. The van der Waals surface area contributed by atoms with E-state index in [9.17, 15) is 4.79 Å². The van der Waals surface area contributed by atoms with E-state index in [0.717, 1.165) is 54.1 Å². The van der Waals surface area contributed by atoms with Crippen molar-refractivity contribution in [1.29, 1.82) is 0 Å². The van der Waals surface area contributed by atoms with Crippen LogP contribution in [0.5, 0.6) is 0 Å². The first-order chi connectivity index (χ1) is 11.5. The Morgan fingerprint density at radius 3 is 2.79 bits per heavy atom. The van der Waals surface area contributed by atoms with Crippen LogP contribution >= 0.6 is 0 Å². The highest BCUT2D eigenvalue weighted by Crippen LogP contribution is 2.29. The lowest BCUT2D eigenvalue weighted by Gasteiger charge is -2.18. The van der Waals surface area contributed by atoms with Crippen LogP contribution in [-0.2, 0) is 24.9 Å². The highest BCUT2D eigenvalue weighted by Gasteiger charge is 2.27. The van der Waals surface area contributed by atoms with Crippen molar-refractivity contribution in [2.24, 2.45) is 7.05 Å². The average molecular weight is 327 g/mol. The van der Waals surface area contributed by atoms with Gasteiger partial charge in [-0.3, -0.25) is 9.36 Å².